The van der Waals surface area contributed by atoms with Crippen LogP contribution in [0.1, 0.15) is 38.1 Å². The maximum Gasteiger partial charge on any atom is 0.278 e. The van der Waals surface area contributed by atoms with E-state index < -0.39 is 10.0 Å². The summed E-state index contributed by atoms with van der Waals surface area (Å²) in [5.41, 5.74) is 1.57. The highest BCUT2D eigenvalue weighted by Crippen LogP contribution is 2.25. The van der Waals surface area contributed by atoms with Crippen LogP contribution in [0.25, 0.3) is 0 Å². The van der Waals surface area contributed by atoms with Gasteiger partial charge in [0.1, 0.15) is 5.82 Å². The molecule has 1 heterocycles. The van der Waals surface area contributed by atoms with Gasteiger partial charge in [-0.2, -0.15) is 8.42 Å². The van der Waals surface area contributed by atoms with Crippen LogP contribution in [-0.2, 0) is 16.4 Å². The number of H-pyrrole nitrogens is 1. The van der Waals surface area contributed by atoms with E-state index in [1.54, 1.807) is 6.07 Å². The summed E-state index contributed by atoms with van der Waals surface area (Å²) < 4.78 is 27.3. The molecule has 0 unspecified atom stereocenters. The SMILES string of the molecule is CCc1ncc(S(=O)(=O)Nc2ccccc2C(C)C)[nH]1. The Morgan fingerprint density at radius 2 is 2.00 bits per heavy atom. The first kappa shape index (κ1) is 14.6. The molecule has 0 aliphatic carbocycles. The highest BCUT2D eigenvalue weighted by Gasteiger charge is 2.19. The van der Waals surface area contributed by atoms with Crippen molar-refractivity contribution in [2.75, 3.05) is 4.72 Å². The number of anilines is 1. The molecule has 6 heteroatoms. The lowest BCUT2D eigenvalue weighted by Crippen LogP contribution is -2.15. The second kappa shape index (κ2) is 5.66. The minimum Gasteiger partial charge on any atom is -0.332 e. The van der Waals surface area contributed by atoms with Gasteiger partial charge in [-0.25, -0.2) is 4.98 Å². The number of nitrogens with zero attached hydrogens (tertiary/aromatic N) is 1. The first-order valence-electron chi connectivity index (χ1n) is 6.59. The Balaban J connectivity index is 2.33. The standard InChI is InChI=1S/C14H19N3O2S/c1-4-13-15-9-14(16-13)20(18,19)17-12-8-6-5-7-11(12)10(2)3/h5-10,17H,4H2,1-3H3,(H,15,16). The van der Waals surface area contributed by atoms with Gasteiger partial charge in [0.05, 0.1) is 11.9 Å². The molecule has 0 fully saturated rings. The molecule has 0 bridgehead atoms. The molecule has 108 valence electrons. The Hall–Kier alpha value is -1.82. The smallest absolute Gasteiger partial charge is 0.278 e. The van der Waals surface area contributed by atoms with Gasteiger partial charge in [-0.15, -0.1) is 0 Å². The minimum absolute atomic E-state index is 0.0907. The van der Waals surface area contributed by atoms with E-state index >= 15 is 0 Å². The van der Waals surface area contributed by atoms with Crippen LogP contribution in [0.5, 0.6) is 0 Å². The van der Waals surface area contributed by atoms with E-state index in [4.69, 9.17) is 0 Å². The van der Waals surface area contributed by atoms with Crippen LogP contribution >= 0.6 is 0 Å². The van der Waals surface area contributed by atoms with Crippen LogP contribution < -0.4 is 4.72 Å². The van der Waals surface area contributed by atoms with Crippen molar-refractivity contribution in [2.45, 2.75) is 38.1 Å². The van der Waals surface area contributed by atoms with Crippen LogP contribution in [0.3, 0.4) is 0 Å². The summed E-state index contributed by atoms with van der Waals surface area (Å²) in [6.07, 6.45) is 2.01. The van der Waals surface area contributed by atoms with Crippen molar-refractivity contribution in [2.24, 2.45) is 0 Å². The molecule has 0 amide bonds. The minimum atomic E-state index is -3.63. The summed E-state index contributed by atoms with van der Waals surface area (Å²) in [4.78, 5) is 6.84. The Labute approximate surface area is 119 Å². The quantitative estimate of drug-likeness (QED) is 0.890. The summed E-state index contributed by atoms with van der Waals surface area (Å²) in [6.45, 7) is 5.97. The highest BCUT2D eigenvalue weighted by atomic mass is 32.2. The third-order valence-corrected chi connectivity index (χ3v) is 4.33. The Bertz CT molecular complexity index is 690. The lowest BCUT2D eigenvalue weighted by molar-refractivity contribution is 0.598. The molecule has 5 nitrogen and oxygen atoms in total. The Morgan fingerprint density at radius 1 is 1.30 bits per heavy atom. The van der Waals surface area contributed by atoms with Gasteiger partial charge < -0.3 is 4.98 Å². The van der Waals surface area contributed by atoms with Gasteiger partial charge in [0.15, 0.2) is 5.03 Å². The molecule has 0 radical (unpaired) electrons. The number of aryl methyl sites for hydroxylation is 1. The molecule has 1 aromatic heterocycles. The lowest BCUT2D eigenvalue weighted by Gasteiger charge is -2.13. The molecular formula is C14H19N3O2S. The number of aromatic nitrogens is 2. The number of sulfonamides is 1. The predicted molar refractivity (Wildman–Crippen MR) is 79.3 cm³/mol. The summed E-state index contributed by atoms with van der Waals surface area (Å²) >= 11 is 0. The number of nitrogens with one attached hydrogen (secondary N) is 2. The molecule has 0 atom stereocenters. The van der Waals surface area contributed by atoms with Crippen LogP contribution in [0.2, 0.25) is 0 Å². The van der Waals surface area contributed by atoms with Crippen molar-refractivity contribution >= 4 is 15.7 Å². The number of para-hydroxylation sites is 1. The van der Waals surface area contributed by atoms with E-state index in [2.05, 4.69) is 14.7 Å². The van der Waals surface area contributed by atoms with Gasteiger partial charge >= 0.3 is 0 Å². The molecule has 2 aromatic rings. The fraction of sp³-hybridized carbons (Fsp3) is 0.357. The second-order valence-electron chi connectivity index (χ2n) is 4.90. The topological polar surface area (TPSA) is 74.8 Å². The van der Waals surface area contributed by atoms with Crippen molar-refractivity contribution < 1.29 is 8.42 Å². The van der Waals surface area contributed by atoms with Gasteiger partial charge in [-0.3, -0.25) is 4.72 Å². The van der Waals surface area contributed by atoms with Crippen molar-refractivity contribution in [1.29, 1.82) is 0 Å². The van der Waals surface area contributed by atoms with Crippen LogP contribution in [-0.4, -0.2) is 18.4 Å². The van der Waals surface area contributed by atoms with Crippen molar-refractivity contribution in [3.63, 3.8) is 0 Å². The number of rotatable bonds is 5. The molecule has 0 spiro atoms. The van der Waals surface area contributed by atoms with E-state index in [0.29, 0.717) is 17.9 Å². The molecule has 1 aromatic carbocycles. The Morgan fingerprint density at radius 3 is 2.60 bits per heavy atom. The zero-order valence-electron chi connectivity index (χ0n) is 11.8. The molecule has 0 aliphatic heterocycles. The average molecular weight is 293 g/mol. The molecule has 0 aliphatic rings. The zero-order chi connectivity index (χ0) is 14.8. The van der Waals surface area contributed by atoms with E-state index in [-0.39, 0.29) is 10.9 Å². The maximum absolute atomic E-state index is 12.3. The number of benzene rings is 1. The summed E-state index contributed by atoms with van der Waals surface area (Å²) in [6, 6.07) is 7.41. The van der Waals surface area contributed by atoms with Crippen molar-refractivity contribution in [1.82, 2.24) is 9.97 Å². The third-order valence-electron chi connectivity index (χ3n) is 3.06. The van der Waals surface area contributed by atoms with Crippen molar-refractivity contribution in [3.05, 3.63) is 41.9 Å². The molecule has 2 N–H and O–H groups in total. The first-order chi connectivity index (χ1) is 9.44. The maximum atomic E-state index is 12.3. The molecule has 0 saturated carbocycles. The van der Waals surface area contributed by atoms with E-state index in [1.165, 1.54) is 6.20 Å². The number of hydrogen-bond acceptors (Lipinski definition) is 3. The monoisotopic (exact) mass is 293 g/mol. The van der Waals surface area contributed by atoms with Gasteiger partial charge in [0.25, 0.3) is 10.0 Å². The van der Waals surface area contributed by atoms with Gasteiger partial charge in [0, 0.05) is 6.42 Å². The Kier molecular flexibility index (Phi) is 4.13. The fourth-order valence-electron chi connectivity index (χ4n) is 1.95. The zero-order valence-corrected chi connectivity index (χ0v) is 12.7. The number of imidazole rings is 1. The predicted octanol–water partition coefficient (Wildman–Crippen LogP) is 2.90. The van der Waals surface area contributed by atoms with Gasteiger partial charge in [0.2, 0.25) is 0 Å². The van der Waals surface area contributed by atoms with Gasteiger partial charge in [-0.05, 0) is 17.5 Å². The number of hydrogen-bond donors (Lipinski definition) is 2. The second-order valence-corrected chi connectivity index (χ2v) is 6.55. The molecule has 0 saturated heterocycles. The largest absolute Gasteiger partial charge is 0.332 e. The van der Waals surface area contributed by atoms with Crippen LogP contribution in [0, 0.1) is 0 Å². The van der Waals surface area contributed by atoms with Crippen molar-refractivity contribution in [3.8, 4) is 0 Å². The first-order valence-corrected chi connectivity index (χ1v) is 8.08. The number of aromatic amines is 1. The molecule has 2 rings (SSSR count). The average Bonchev–Trinajstić information content (AvgIpc) is 2.88. The summed E-state index contributed by atoms with van der Waals surface area (Å²) in [5.74, 6) is 0.893. The highest BCUT2D eigenvalue weighted by molar-refractivity contribution is 7.92. The normalized spacial score (nSPS) is 11.8. The van der Waals surface area contributed by atoms with Crippen LogP contribution in [0.4, 0.5) is 5.69 Å². The van der Waals surface area contributed by atoms with E-state index in [0.717, 1.165) is 5.56 Å². The van der Waals surface area contributed by atoms with E-state index in [9.17, 15) is 8.42 Å². The summed E-state index contributed by atoms with van der Waals surface area (Å²) in [7, 11) is -3.63. The van der Waals surface area contributed by atoms with Gasteiger partial charge in [-0.1, -0.05) is 39.0 Å². The summed E-state index contributed by atoms with van der Waals surface area (Å²) in [5, 5.41) is 0.0907. The fourth-order valence-corrected chi connectivity index (χ4v) is 2.98. The third kappa shape index (κ3) is 3.01. The van der Waals surface area contributed by atoms with Crippen LogP contribution in [0.15, 0.2) is 35.5 Å². The van der Waals surface area contributed by atoms with E-state index in [1.807, 2.05) is 39.0 Å². The lowest BCUT2D eigenvalue weighted by atomic mass is 10.0. The molecule has 20 heavy (non-hydrogen) atoms. The molecular weight excluding hydrogens is 274 g/mol.